The van der Waals surface area contributed by atoms with Gasteiger partial charge < -0.3 is 5.11 Å². The third-order valence-electron chi connectivity index (χ3n) is 4.13. The molecule has 0 aliphatic rings. The van der Waals surface area contributed by atoms with Crippen molar-refractivity contribution < 1.29 is 14.7 Å². The summed E-state index contributed by atoms with van der Waals surface area (Å²) in [5.41, 5.74) is 3.47. The minimum atomic E-state index is -0.748. The molecule has 1 N–H and O–H groups in total. The Balaban J connectivity index is 0.00000312. The van der Waals surface area contributed by atoms with Gasteiger partial charge in [0.15, 0.2) is 5.78 Å². The summed E-state index contributed by atoms with van der Waals surface area (Å²) in [5.74, 6) is -0.751. The zero-order chi connectivity index (χ0) is 17.5. The molecule has 2 aromatic carbocycles. The topological polar surface area (TPSA) is 54.4 Å². The Morgan fingerprint density at radius 2 is 1.68 bits per heavy atom. The lowest BCUT2D eigenvalue weighted by Crippen LogP contribution is -2.06. The first-order valence-corrected chi connectivity index (χ1v) is 8.47. The van der Waals surface area contributed by atoms with Gasteiger partial charge in [0.1, 0.15) is 0 Å². The van der Waals surface area contributed by atoms with Crippen LogP contribution >= 0.6 is 24.0 Å². The predicted octanol–water partition coefficient (Wildman–Crippen LogP) is 5.49. The Labute approximate surface area is 159 Å². The first-order valence-electron chi connectivity index (χ1n) is 8.09. The minimum absolute atomic E-state index is 0. The highest BCUT2D eigenvalue weighted by Crippen LogP contribution is 2.21. The Morgan fingerprint density at radius 1 is 1.00 bits per heavy atom. The summed E-state index contributed by atoms with van der Waals surface area (Å²) in [6.45, 7) is 1.97. The van der Waals surface area contributed by atoms with Gasteiger partial charge in [0.25, 0.3) is 0 Å². The summed E-state index contributed by atoms with van der Waals surface area (Å²) in [5, 5.41) is 9.26. The van der Waals surface area contributed by atoms with E-state index in [0.717, 1.165) is 30.4 Å². The van der Waals surface area contributed by atoms with E-state index in [2.05, 4.69) is 0 Å². The monoisotopic (exact) mass is 380 g/mol. The third kappa shape index (κ3) is 6.18. The molecule has 0 amide bonds. The molecule has 0 aromatic heterocycles. The maximum absolute atomic E-state index is 12.7. The maximum atomic E-state index is 12.7. The van der Waals surface area contributed by atoms with E-state index in [4.69, 9.17) is 16.7 Å². The van der Waals surface area contributed by atoms with Crippen molar-refractivity contribution in [1.29, 1.82) is 0 Å². The Kier molecular flexibility index (Phi) is 8.67. The van der Waals surface area contributed by atoms with Gasteiger partial charge in [0, 0.05) is 22.6 Å². The van der Waals surface area contributed by atoms with Crippen molar-refractivity contribution in [2.75, 3.05) is 0 Å². The molecule has 0 spiro atoms. The highest BCUT2D eigenvalue weighted by molar-refractivity contribution is 6.30. The number of carboxylic acid groups (broad SMARTS) is 1. The van der Waals surface area contributed by atoms with Gasteiger partial charge in [0.2, 0.25) is 0 Å². The summed E-state index contributed by atoms with van der Waals surface area (Å²) in [4.78, 5) is 23.2. The molecule has 134 valence electrons. The molecule has 0 saturated carbocycles. The third-order valence-corrected chi connectivity index (χ3v) is 4.39. The van der Waals surface area contributed by atoms with Crippen LogP contribution in [-0.2, 0) is 11.2 Å². The number of halogens is 2. The lowest BCUT2D eigenvalue weighted by atomic mass is 9.93. The van der Waals surface area contributed by atoms with E-state index in [-0.39, 0.29) is 24.6 Å². The lowest BCUT2D eigenvalue weighted by Gasteiger charge is -2.11. The second-order valence-corrected chi connectivity index (χ2v) is 6.32. The summed E-state index contributed by atoms with van der Waals surface area (Å²) >= 11 is 5.87. The highest BCUT2D eigenvalue weighted by atomic mass is 35.5. The second kappa shape index (κ2) is 10.2. The molecule has 0 atom stereocenters. The summed E-state index contributed by atoms with van der Waals surface area (Å²) in [6, 6.07) is 12.7. The van der Waals surface area contributed by atoms with Gasteiger partial charge in [-0.2, -0.15) is 0 Å². The number of carboxylic acids is 1. The molecular formula is C20H22Cl2O3. The molecule has 2 rings (SSSR count). The van der Waals surface area contributed by atoms with Crippen LogP contribution < -0.4 is 0 Å². The molecule has 0 heterocycles. The number of hydrogen-bond donors (Lipinski definition) is 1. The van der Waals surface area contributed by atoms with Crippen LogP contribution in [0.4, 0.5) is 0 Å². The number of aliphatic carboxylic acids is 1. The largest absolute Gasteiger partial charge is 0.481 e. The molecule has 0 bridgehead atoms. The van der Waals surface area contributed by atoms with E-state index in [1.54, 1.807) is 24.3 Å². The first kappa shape index (κ1) is 21.2. The fourth-order valence-electron chi connectivity index (χ4n) is 2.73. The SMILES string of the molecule is Cc1c(CCCCCC(=O)O)cccc1C(=O)c1ccc(Cl)cc1.Cl. The average Bonchev–Trinajstić information content (AvgIpc) is 2.56. The van der Waals surface area contributed by atoms with Gasteiger partial charge in [-0.1, -0.05) is 36.2 Å². The molecule has 0 radical (unpaired) electrons. The normalized spacial score (nSPS) is 10.2. The van der Waals surface area contributed by atoms with Gasteiger partial charge >= 0.3 is 5.97 Å². The summed E-state index contributed by atoms with van der Waals surface area (Å²) in [6.07, 6.45) is 3.56. The van der Waals surface area contributed by atoms with Gasteiger partial charge in [0.05, 0.1) is 0 Å². The van der Waals surface area contributed by atoms with Crippen molar-refractivity contribution in [2.45, 2.75) is 39.0 Å². The van der Waals surface area contributed by atoms with E-state index in [0.29, 0.717) is 22.6 Å². The molecule has 0 aliphatic carbocycles. The summed E-state index contributed by atoms with van der Waals surface area (Å²) in [7, 11) is 0. The average molecular weight is 381 g/mol. The van der Waals surface area contributed by atoms with Gasteiger partial charge in [-0.15, -0.1) is 12.4 Å². The van der Waals surface area contributed by atoms with Gasteiger partial charge in [-0.25, -0.2) is 0 Å². The van der Waals surface area contributed by atoms with Crippen LogP contribution in [0.5, 0.6) is 0 Å². The van der Waals surface area contributed by atoms with Gasteiger partial charge in [-0.05, 0) is 61.6 Å². The fraction of sp³-hybridized carbons (Fsp3) is 0.300. The van der Waals surface area contributed by atoms with E-state index < -0.39 is 5.97 Å². The zero-order valence-electron chi connectivity index (χ0n) is 14.1. The molecule has 3 nitrogen and oxygen atoms in total. The van der Waals surface area contributed by atoms with Crippen LogP contribution in [0.15, 0.2) is 42.5 Å². The van der Waals surface area contributed by atoms with Crippen LogP contribution in [0.3, 0.4) is 0 Å². The molecule has 25 heavy (non-hydrogen) atoms. The number of unbranched alkanes of at least 4 members (excludes halogenated alkanes) is 2. The Morgan fingerprint density at radius 3 is 2.32 bits per heavy atom. The molecule has 0 fully saturated rings. The van der Waals surface area contributed by atoms with Gasteiger partial charge in [-0.3, -0.25) is 9.59 Å². The predicted molar refractivity (Wildman–Crippen MR) is 103 cm³/mol. The number of benzene rings is 2. The highest BCUT2D eigenvalue weighted by Gasteiger charge is 2.13. The van der Waals surface area contributed by atoms with Crippen LogP contribution in [0.1, 0.15) is 52.7 Å². The Hall–Kier alpha value is -1.84. The van der Waals surface area contributed by atoms with Crippen molar-refractivity contribution in [1.82, 2.24) is 0 Å². The second-order valence-electron chi connectivity index (χ2n) is 5.88. The van der Waals surface area contributed by atoms with Crippen LogP contribution in [-0.4, -0.2) is 16.9 Å². The molecule has 0 unspecified atom stereocenters. The van der Waals surface area contributed by atoms with Crippen LogP contribution in [0, 0.1) is 6.92 Å². The number of aryl methyl sites for hydroxylation is 1. The van der Waals surface area contributed by atoms with Crippen LogP contribution in [0.2, 0.25) is 5.02 Å². The van der Waals surface area contributed by atoms with Crippen LogP contribution in [0.25, 0.3) is 0 Å². The molecular weight excluding hydrogens is 359 g/mol. The zero-order valence-corrected chi connectivity index (χ0v) is 15.7. The fourth-order valence-corrected chi connectivity index (χ4v) is 2.85. The standard InChI is InChI=1S/C20H21ClO3.ClH/c1-14-15(6-3-2-4-9-19(22)23)7-5-8-18(14)20(24)16-10-12-17(21)13-11-16;/h5,7-8,10-13H,2-4,6,9H2,1H3,(H,22,23);1H. The number of ketones is 1. The van der Waals surface area contributed by atoms with E-state index in [9.17, 15) is 9.59 Å². The smallest absolute Gasteiger partial charge is 0.303 e. The lowest BCUT2D eigenvalue weighted by molar-refractivity contribution is -0.137. The van der Waals surface area contributed by atoms with Crippen molar-refractivity contribution in [3.8, 4) is 0 Å². The molecule has 0 saturated heterocycles. The molecule has 5 heteroatoms. The van der Waals surface area contributed by atoms with Crippen molar-refractivity contribution >= 4 is 35.8 Å². The van der Waals surface area contributed by atoms with Crippen molar-refractivity contribution in [3.63, 3.8) is 0 Å². The number of carbonyl (C=O) groups excluding carboxylic acids is 1. The quantitative estimate of drug-likeness (QED) is 0.486. The van der Waals surface area contributed by atoms with Crippen molar-refractivity contribution in [3.05, 3.63) is 69.7 Å². The van der Waals surface area contributed by atoms with E-state index >= 15 is 0 Å². The van der Waals surface area contributed by atoms with E-state index in [1.165, 1.54) is 0 Å². The first-order chi connectivity index (χ1) is 11.5. The Bertz CT molecular complexity index is 724. The number of hydrogen-bond acceptors (Lipinski definition) is 2. The molecule has 0 aliphatic heterocycles. The number of carbonyl (C=O) groups is 2. The number of rotatable bonds is 8. The molecule has 2 aromatic rings. The minimum Gasteiger partial charge on any atom is -0.481 e. The summed E-state index contributed by atoms with van der Waals surface area (Å²) < 4.78 is 0. The van der Waals surface area contributed by atoms with E-state index in [1.807, 2.05) is 25.1 Å². The maximum Gasteiger partial charge on any atom is 0.303 e. The van der Waals surface area contributed by atoms with Crippen molar-refractivity contribution in [2.24, 2.45) is 0 Å².